The van der Waals surface area contributed by atoms with Crippen molar-refractivity contribution < 1.29 is 17.9 Å². The Balaban J connectivity index is 2.22. The van der Waals surface area contributed by atoms with E-state index in [9.17, 15) is 13.2 Å². The maximum absolute atomic E-state index is 12.4. The zero-order valence-electron chi connectivity index (χ0n) is 11.5. The Morgan fingerprint density at radius 3 is 2.57 bits per heavy atom. The van der Waals surface area contributed by atoms with Crippen molar-refractivity contribution in [1.82, 2.24) is 3.97 Å². The molecule has 0 bridgehead atoms. The molecule has 6 nitrogen and oxygen atoms in total. The highest BCUT2D eigenvalue weighted by molar-refractivity contribution is 7.90. The fraction of sp³-hybridized carbons (Fsp3) is 0.214. The first-order chi connectivity index (χ1) is 9.95. The van der Waals surface area contributed by atoms with Crippen molar-refractivity contribution in [3.63, 3.8) is 0 Å². The molecule has 1 aromatic heterocycles. The van der Waals surface area contributed by atoms with Gasteiger partial charge in [0.2, 0.25) is 0 Å². The SMILES string of the molecule is COC(=O)C(N)Cc1ccn(S(=O)(=O)c2ccccc2)c1. The van der Waals surface area contributed by atoms with Gasteiger partial charge in [-0.05, 0) is 30.2 Å². The van der Waals surface area contributed by atoms with Crippen LogP contribution in [-0.4, -0.2) is 31.5 Å². The molecule has 21 heavy (non-hydrogen) atoms. The fourth-order valence-electron chi connectivity index (χ4n) is 1.89. The first-order valence-corrected chi connectivity index (χ1v) is 7.70. The molecule has 1 heterocycles. The summed E-state index contributed by atoms with van der Waals surface area (Å²) in [5, 5.41) is 0. The number of ether oxygens (including phenoxy) is 1. The number of benzene rings is 1. The first-order valence-electron chi connectivity index (χ1n) is 6.26. The van der Waals surface area contributed by atoms with Crippen LogP contribution in [0.25, 0.3) is 0 Å². The Bertz CT molecular complexity index is 722. The van der Waals surface area contributed by atoms with Crippen LogP contribution in [0.2, 0.25) is 0 Å². The normalized spacial score (nSPS) is 12.9. The summed E-state index contributed by atoms with van der Waals surface area (Å²) in [4.78, 5) is 11.5. The van der Waals surface area contributed by atoms with E-state index in [-0.39, 0.29) is 11.3 Å². The predicted octanol–water partition coefficient (Wildman–Crippen LogP) is 0.768. The molecule has 0 saturated heterocycles. The summed E-state index contributed by atoms with van der Waals surface area (Å²) in [6.07, 6.45) is 3.09. The van der Waals surface area contributed by atoms with Crippen molar-refractivity contribution in [3.8, 4) is 0 Å². The van der Waals surface area contributed by atoms with E-state index in [4.69, 9.17) is 5.73 Å². The van der Waals surface area contributed by atoms with Gasteiger partial charge in [0.25, 0.3) is 10.0 Å². The number of nitrogens with zero attached hydrogens (tertiary/aromatic N) is 1. The van der Waals surface area contributed by atoms with Crippen LogP contribution in [-0.2, 0) is 26.0 Å². The van der Waals surface area contributed by atoms with Gasteiger partial charge in [0.1, 0.15) is 6.04 Å². The van der Waals surface area contributed by atoms with Crippen molar-refractivity contribution in [2.45, 2.75) is 17.4 Å². The van der Waals surface area contributed by atoms with Crippen LogP contribution in [0, 0.1) is 0 Å². The second kappa shape index (κ2) is 6.11. The summed E-state index contributed by atoms with van der Waals surface area (Å²) in [6.45, 7) is 0. The zero-order chi connectivity index (χ0) is 15.5. The Morgan fingerprint density at radius 1 is 1.29 bits per heavy atom. The van der Waals surface area contributed by atoms with Gasteiger partial charge in [-0.2, -0.15) is 0 Å². The van der Waals surface area contributed by atoms with E-state index in [1.165, 1.54) is 31.6 Å². The first kappa shape index (κ1) is 15.3. The lowest BCUT2D eigenvalue weighted by Gasteiger charge is -2.07. The largest absolute Gasteiger partial charge is 0.468 e. The van der Waals surface area contributed by atoms with Gasteiger partial charge in [-0.1, -0.05) is 18.2 Å². The molecule has 1 aromatic carbocycles. The second-order valence-corrected chi connectivity index (χ2v) is 6.34. The summed E-state index contributed by atoms with van der Waals surface area (Å²) in [7, 11) is -2.36. The molecule has 0 aliphatic carbocycles. The molecule has 0 spiro atoms. The van der Waals surface area contributed by atoms with Gasteiger partial charge in [0.15, 0.2) is 0 Å². The number of hydrogen-bond donors (Lipinski definition) is 1. The maximum Gasteiger partial charge on any atom is 0.322 e. The van der Waals surface area contributed by atoms with E-state index < -0.39 is 22.0 Å². The lowest BCUT2D eigenvalue weighted by molar-refractivity contribution is -0.142. The zero-order valence-corrected chi connectivity index (χ0v) is 12.3. The van der Waals surface area contributed by atoms with Crippen molar-refractivity contribution in [2.75, 3.05) is 7.11 Å². The average Bonchev–Trinajstić information content (AvgIpc) is 2.96. The van der Waals surface area contributed by atoms with E-state index in [2.05, 4.69) is 4.74 Å². The van der Waals surface area contributed by atoms with Crippen LogP contribution < -0.4 is 5.73 Å². The predicted molar refractivity (Wildman–Crippen MR) is 77.2 cm³/mol. The number of nitrogens with two attached hydrogens (primary N) is 1. The molecule has 112 valence electrons. The summed E-state index contributed by atoms with van der Waals surface area (Å²) < 4.78 is 30.4. The molecule has 0 aliphatic rings. The molecule has 1 atom stereocenters. The Labute approximate surface area is 123 Å². The summed E-state index contributed by atoms with van der Waals surface area (Å²) >= 11 is 0. The maximum atomic E-state index is 12.4. The van der Waals surface area contributed by atoms with Crippen LogP contribution in [0.4, 0.5) is 0 Å². The number of methoxy groups -OCH3 is 1. The lowest BCUT2D eigenvalue weighted by Crippen LogP contribution is -2.33. The van der Waals surface area contributed by atoms with Crippen molar-refractivity contribution >= 4 is 16.0 Å². The van der Waals surface area contributed by atoms with Crippen LogP contribution in [0.1, 0.15) is 5.56 Å². The average molecular weight is 308 g/mol. The standard InChI is InChI=1S/C14H16N2O4S/c1-20-14(17)13(15)9-11-7-8-16(10-11)21(18,19)12-5-3-2-4-6-12/h2-8,10,13H,9,15H2,1H3. The highest BCUT2D eigenvalue weighted by atomic mass is 32.2. The summed E-state index contributed by atoms with van der Waals surface area (Å²) in [5.41, 5.74) is 6.30. The smallest absolute Gasteiger partial charge is 0.322 e. The van der Waals surface area contributed by atoms with Crippen LogP contribution in [0.5, 0.6) is 0 Å². The highest BCUT2D eigenvalue weighted by Gasteiger charge is 2.19. The number of carbonyl (C=O) groups is 1. The quantitative estimate of drug-likeness (QED) is 0.824. The van der Waals surface area contributed by atoms with Crippen LogP contribution in [0.15, 0.2) is 53.7 Å². The second-order valence-electron chi connectivity index (χ2n) is 4.50. The lowest BCUT2D eigenvalue weighted by atomic mass is 10.1. The Morgan fingerprint density at radius 2 is 1.95 bits per heavy atom. The van der Waals surface area contributed by atoms with E-state index in [1.807, 2.05) is 0 Å². The molecular weight excluding hydrogens is 292 g/mol. The summed E-state index contributed by atoms with van der Waals surface area (Å²) in [5.74, 6) is -0.534. The highest BCUT2D eigenvalue weighted by Crippen LogP contribution is 2.15. The molecule has 0 amide bonds. The third-order valence-corrected chi connectivity index (χ3v) is 4.66. The molecule has 0 saturated carbocycles. The number of aromatic nitrogens is 1. The van der Waals surface area contributed by atoms with Crippen LogP contribution in [0.3, 0.4) is 0 Å². The van der Waals surface area contributed by atoms with E-state index in [0.717, 1.165) is 3.97 Å². The van der Waals surface area contributed by atoms with E-state index in [0.29, 0.717) is 5.56 Å². The Kier molecular flexibility index (Phi) is 4.44. The number of rotatable bonds is 5. The van der Waals surface area contributed by atoms with E-state index in [1.54, 1.807) is 24.3 Å². The Hall–Kier alpha value is -2.12. The van der Waals surface area contributed by atoms with E-state index >= 15 is 0 Å². The molecule has 1 unspecified atom stereocenters. The molecule has 7 heteroatoms. The van der Waals surface area contributed by atoms with Gasteiger partial charge in [-0.3, -0.25) is 4.79 Å². The molecule has 0 fully saturated rings. The third-order valence-electron chi connectivity index (χ3n) is 3.01. The third kappa shape index (κ3) is 3.32. The molecule has 2 N–H and O–H groups in total. The monoisotopic (exact) mass is 308 g/mol. The molecule has 0 aliphatic heterocycles. The van der Waals surface area contributed by atoms with Gasteiger partial charge in [0, 0.05) is 12.4 Å². The number of hydrogen-bond acceptors (Lipinski definition) is 5. The fourth-order valence-corrected chi connectivity index (χ4v) is 3.13. The molecular formula is C14H16N2O4S. The van der Waals surface area contributed by atoms with Gasteiger partial charge in [0.05, 0.1) is 12.0 Å². The van der Waals surface area contributed by atoms with Gasteiger partial charge >= 0.3 is 5.97 Å². The summed E-state index contributed by atoms with van der Waals surface area (Å²) in [6, 6.07) is 8.91. The van der Waals surface area contributed by atoms with Gasteiger partial charge in [-0.25, -0.2) is 12.4 Å². The molecule has 2 aromatic rings. The number of esters is 1. The molecule has 0 radical (unpaired) electrons. The van der Waals surface area contributed by atoms with Crippen molar-refractivity contribution in [2.24, 2.45) is 5.73 Å². The van der Waals surface area contributed by atoms with Gasteiger partial charge in [-0.15, -0.1) is 0 Å². The van der Waals surface area contributed by atoms with Crippen LogP contribution >= 0.6 is 0 Å². The van der Waals surface area contributed by atoms with Gasteiger partial charge < -0.3 is 10.5 Å². The number of carbonyl (C=O) groups excluding carboxylic acids is 1. The minimum atomic E-state index is -3.62. The minimum absolute atomic E-state index is 0.199. The topological polar surface area (TPSA) is 91.4 Å². The molecule has 2 rings (SSSR count). The minimum Gasteiger partial charge on any atom is -0.468 e. The van der Waals surface area contributed by atoms with Crippen molar-refractivity contribution in [1.29, 1.82) is 0 Å². The van der Waals surface area contributed by atoms with Crippen molar-refractivity contribution in [3.05, 3.63) is 54.4 Å².